The Kier molecular flexibility index (Phi) is 5.59. The zero-order valence-corrected chi connectivity index (χ0v) is 17.1. The van der Waals surface area contributed by atoms with Gasteiger partial charge in [0.2, 0.25) is 5.91 Å². The number of thioether (sulfide) groups is 1. The van der Waals surface area contributed by atoms with E-state index < -0.39 is 29.2 Å². The number of para-hydroxylation sites is 3. The van der Waals surface area contributed by atoms with Gasteiger partial charge in [-0.2, -0.15) is 0 Å². The monoisotopic (exact) mass is 436 g/mol. The third-order valence-electron chi connectivity index (χ3n) is 4.51. The molecule has 2 aromatic carbocycles. The first-order valence-corrected chi connectivity index (χ1v) is 9.99. The molecule has 0 spiro atoms. The number of ether oxygens (including phenoxy) is 1. The molecule has 0 radical (unpaired) electrons. The summed E-state index contributed by atoms with van der Waals surface area (Å²) in [6.45, 7) is -0.466. The zero-order valence-electron chi connectivity index (χ0n) is 16.3. The fraction of sp³-hybridized carbons (Fsp3) is 0.0909. The van der Waals surface area contributed by atoms with Gasteiger partial charge in [-0.15, -0.1) is 0 Å². The van der Waals surface area contributed by atoms with Crippen LogP contribution in [-0.4, -0.2) is 35.6 Å². The highest BCUT2D eigenvalue weighted by atomic mass is 32.2. The van der Waals surface area contributed by atoms with Crippen LogP contribution in [0.5, 0.6) is 5.75 Å². The van der Waals surface area contributed by atoms with E-state index in [1.807, 2.05) is 0 Å². The third-order valence-corrected chi connectivity index (χ3v) is 5.42. The zero-order chi connectivity index (χ0) is 22.0. The van der Waals surface area contributed by atoms with E-state index in [0.717, 1.165) is 4.90 Å². The predicted octanol–water partition coefficient (Wildman–Crippen LogP) is 3.48. The van der Waals surface area contributed by atoms with Crippen LogP contribution in [0.4, 0.5) is 10.5 Å². The van der Waals surface area contributed by atoms with Gasteiger partial charge in [0.25, 0.3) is 11.1 Å². The molecule has 0 aliphatic carbocycles. The molecule has 0 saturated carbocycles. The van der Waals surface area contributed by atoms with Gasteiger partial charge in [0.15, 0.2) is 0 Å². The number of benzene rings is 2. The Morgan fingerprint density at radius 3 is 2.68 bits per heavy atom. The van der Waals surface area contributed by atoms with Crippen molar-refractivity contribution in [1.82, 2.24) is 4.90 Å². The number of nitrogens with zero attached hydrogens (tertiary/aromatic N) is 1. The van der Waals surface area contributed by atoms with Crippen molar-refractivity contribution in [2.75, 3.05) is 19.0 Å². The summed E-state index contributed by atoms with van der Waals surface area (Å²) in [5.41, 5.74) is 0.360. The van der Waals surface area contributed by atoms with E-state index in [4.69, 9.17) is 9.15 Å². The van der Waals surface area contributed by atoms with Crippen molar-refractivity contribution in [3.8, 4) is 5.75 Å². The minimum atomic E-state index is -0.655. The predicted molar refractivity (Wildman–Crippen MR) is 117 cm³/mol. The summed E-state index contributed by atoms with van der Waals surface area (Å²) in [6, 6.07) is 15.3. The summed E-state index contributed by atoms with van der Waals surface area (Å²) < 4.78 is 10.4. The molecule has 0 bridgehead atoms. The van der Waals surface area contributed by atoms with Gasteiger partial charge < -0.3 is 14.5 Å². The van der Waals surface area contributed by atoms with Crippen LogP contribution in [0.1, 0.15) is 5.56 Å². The topological polar surface area (TPSA) is 106 Å². The number of fused-ring (bicyclic) bond motifs is 1. The van der Waals surface area contributed by atoms with E-state index in [1.165, 1.54) is 13.2 Å². The lowest BCUT2D eigenvalue weighted by Gasteiger charge is -2.14. The molecule has 3 amide bonds. The summed E-state index contributed by atoms with van der Waals surface area (Å²) in [7, 11) is 1.47. The van der Waals surface area contributed by atoms with Gasteiger partial charge in [0, 0.05) is 5.39 Å². The first kappa shape index (κ1) is 20.4. The number of hydrogen-bond donors (Lipinski definition) is 1. The van der Waals surface area contributed by atoms with Gasteiger partial charge >= 0.3 is 5.63 Å². The van der Waals surface area contributed by atoms with E-state index in [-0.39, 0.29) is 10.5 Å². The lowest BCUT2D eigenvalue weighted by atomic mass is 10.2. The summed E-state index contributed by atoms with van der Waals surface area (Å²) >= 11 is 0.660. The maximum absolute atomic E-state index is 12.7. The Hall–Kier alpha value is -3.85. The van der Waals surface area contributed by atoms with Gasteiger partial charge in [0.05, 0.1) is 23.3 Å². The van der Waals surface area contributed by atoms with Crippen molar-refractivity contribution < 1.29 is 23.5 Å². The molecule has 4 rings (SSSR count). The van der Waals surface area contributed by atoms with Crippen molar-refractivity contribution >= 4 is 51.5 Å². The molecule has 1 aromatic heterocycles. The molecule has 8 nitrogen and oxygen atoms in total. The van der Waals surface area contributed by atoms with E-state index in [9.17, 15) is 19.2 Å². The molecule has 9 heteroatoms. The van der Waals surface area contributed by atoms with E-state index >= 15 is 0 Å². The minimum Gasteiger partial charge on any atom is -0.495 e. The first-order chi connectivity index (χ1) is 15.0. The molecule has 1 fully saturated rings. The number of carbonyl (C=O) groups excluding carboxylic acids is 3. The van der Waals surface area contributed by atoms with Gasteiger partial charge in [0.1, 0.15) is 17.9 Å². The largest absolute Gasteiger partial charge is 0.495 e. The SMILES string of the molecule is COc1ccccc1NC(=O)CN1C(=O)S/C(=C/c2cc3ccccc3oc2=O)C1=O. The number of anilines is 1. The van der Waals surface area contributed by atoms with Crippen LogP contribution in [0, 0.1) is 0 Å². The molecule has 31 heavy (non-hydrogen) atoms. The number of carbonyl (C=O) groups is 3. The highest BCUT2D eigenvalue weighted by molar-refractivity contribution is 8.18. The lowest BCUT2D eigenvalue weighted by molar-refractivity contribution is -0.127. The van der Waals surface area contributed by atoms with Gasteiger partial charge in [-0.25, -0.2) is 4.79 Å². The summed E-state index contributed by atoms with van der Waals surface area (Å²) in [5.74, 6) is -0.760. The fourth-order valence-corrected chi connectivity index (χ4v) is 3.87. The van der Waals surface area contributed by atoms with Crippen molar-refractivity contribution in [3.05, 3.63) is 75.5 Å². The van der Waals surface area contributed by atoms with E-state index in [2.05, 4.69) is 5.32 Å². The van der Waals surface area contributed by atoms with Crippen LogP contribution in [0.15, 0.2) is 68.7 Å². The quantitative estimate of drug-likeness (QED) is 0.482. The average Bonchev–Trinajstić information content (AvgIpc) is 3.02. The van der Waals surface area contributed by atoms with Crippen LogP contribution in [0.3, 0.4) is 0 Å². The fourth-order valence-electron chi connectivity index (χ4n) is 3.04. The number of hydrogen-bond acceptors (Lipinski definition) is 7. The number of methoxy groups -OCH3 is 1. The molecule has 0 atom stereocenters. The maximum atomic E-state index is 12.7. The third kappa shape index (κ3) is 4.22. The highest BCUT2D eigenvalue weighted by Gasteiger charge is 2.36. The number of imide groups is 1. The Bertz CT molecular complexity index is 1300. The molecule has 156 valence electrons. The molecule has 1 N–H and O–H groups in total. The molecule has 3 aromatic rings. The second kappa shape index (κ2) is 8.49. The van der Waals surface area contributed by atoms with Crippen molar-refractivity contribution in [2.24, 2.45) is 0 Å². The van der Waals surface area contributed by atoms with Gasteiger partial charge in [-0.3, -0.25) is 19.3 Å². The molecule has 1 aliphatic rings. The van der Waals surface area contributed by atoms with Crippen LogP contribution in [0.25, 0.3) is 17.0 Å². The summed E-state index contributed by atoms with van der Waals surface area (Å²) in [4.78, 5) is 50.5. The Morgan fingerprint density at radius 2 is 1.87 bits per heavy atom. The molecule has 2 heterocycles. The van der Waals surface area contributed by atoms with E-state index in [0.29, 0.717) is 34.2 Å². The summed E-state index contributed by atoms with van der Waals surface area (Å²) in [5, 5.41) is 2.70. The Morgan fingerprint density at radius 1 is 1.13 bits per heavy atom. The number of rotatable bonds is 5. The highest BCUT2D eigenvalue weighted by Crippen LogP contribution is 2.32. The van der Waals surface area contributed by atoms with Gasteiger partial charge in [-0.05, 0) is 42.1 Å². The molecular weight excluding hydrogens is 420 g/mol. The van der Waals surface area contributed by atoms with Crippen molar-refractivity contribution in [1.29, 1.82) is 0 Å². The normalized spacial score (nSPS) is 15.0. The molecular formula is C22H16N2O6S. The Balaban J connectivity index is 1.53. The number of nitrogens with one attached hydrogen (secondary N) is 1. The molecule has 1 saturated heterocycles. The first-order valence-electron chi connectivity index (χ1n) is 9.17. The van der Waals surface area contributed by atoms with Gasteiger partial charge in [-0.1, -0.05) is 30.3 Å². The smallest absolute Gasteiger partial charge is 0.343 e. The van der Waals surface area contributed by atoms with Crippen LogP contribution in [-0.2, 0) is 9.59 Å². The van der Waals surface area contributed by atoms with E-state index in [1.54, 1.807) is 54.6 Å². The lowest BCUT2D eigenvalue weighted by Crippen LogP contribution is -2.36. The number of amides is 3. The summed E-state index contributed by atoms with van der Waals surface area (Å²) in [6.07, 6.45) is 1.31. The second-order valence-corrected chi connectivity index (χ2v) is 7.54. The standard InChI is InChI=1S/C22H16N2O6S/c1-29-17-9-5-3-7-15(17)23-19(25)12-24-20(26)18(31-22(24)28)11-14-10-13-6-2-4-8-16(13)30-21(14)27/h2-11H,12H2,1H3,(H,23,25)/b18-11+. The van der Waals surface area contributed by atoms with Crippen molar-refractivity contribution in [3.63, 3.8) is 0 Å². The van der Waals surface area contributed by atoms with Crippen LogP contribution < -0.4 is 15.7 Å². The second-order valence-electron chi connectivity index (χ2n) is 6.54. The Labute approximate surface area is 180 Å². The molecule has 0 unspecified atom stereocenters. The average molecular weight is 436 g/mol. The molecule has 1 aliphatic heterocycles. The van der Waals surface area contributed by atoms with Crippen LogP contribution in [0.2, 0.25) is 0 Å². The minimum absolute atomic E-state index is 0.0395. The van der Waals surface area contributed by atoms with Crippen LogP contribution >= 0.6 is 11.8 Å². The van der Waals surface area contributed by atoms with Crippen molar-refractivity contribution in [2.45, 2.75) is 0 Å². The maximum Gasteiger partial charge on any atom is 0.343 e.